The molecule has 0 bridgehead atoms. The predicted molar refractivity (Wildman–Crippen MR) is 87.1 cm³/mol. The third-order valence-electron chi connectivity index (χ3n) is 3.41. The molecule has 0 saturated carbocycles. The monoisotopic (exact) mass is 298 g/mol. The van der Waals surface area contributed by atoms with Gasteiger partial charge >= 0.3 is 0 Å². The van der Waals surface area contributed by atoms with Crippen molar-refractivity contribution in [1.29, 1.82) is 0 Å². The lowest BCUT2D eigenvalue weighted by atomic mass is 10.0. The normalized spacial score (nSPS) is 10.5. The van der Waals surface area contributed by atoms with Gasteiger partial charge in [0, 0.05) is 23.9 Å². The van der Waals surface area contributed by atoms with Gasteiger partial charge in [-0.25, -0.2) is 4.98 Å². The van der Waals surface area contributed by atoms with Crippen LogP contribution in [-0.4, -0.2) is 17.5 Å². The highest BCUT2D eigenvalue weighted by molar-refractivity contribution is 5.94. The molecule has 0 aliphatic heterocycles. The van der Waals surface area contributed by atoms with E-state index in [-0.39, 0.29) is 5.91 Å². The molecule has 1 N–H and O–H groups in total. The molecule has 22 heavy (non-hydrogen) atoms. The van der Waals surface area contributed by atoms with Gasteiger partial charge in [0.15, 0.2) is 0 Å². The average molecular weight is 298 g/mol. The van der Waals surface area contributed by atoms with Crippen LogP contribution in [-0.2, 0) is 6.54 Å². The molecule has 2 aromatic rings. The van der Waals surface area contributed by atoms with Crippen molar-refractivity contribution in [2.24, 2.45) is 0 Å². The number of carbonyl (C=O) groups is 1. The van der Waals surface area contributed by atoms with Crippen molar-refractivity contribution in [3.63, 3.8) is 0 Å². The summed E-state index contributed by atoms with van der Waals surface area (Å²) >= 11 is 0. The molecule has 0 aliphatic carbocycles. The number of aromatic nitrogens is 1. The number of nitrogens with zero attached hydrogens (tertiary/aromatic N) is 1. The van der Waals surface area contributed by atoms with E-state index < -0.39 is 0 Å². The third-order valence-corrected chi connectivity index (χ3v) is 3.41. The topological polar surface area (TPSA) is 51.2 Å². The minimum absolute atomic E-state index is 0.0957. The number of pyridine rings is 1. The van der Waals surface area contributed by atoms with Gasteiger partial charge in [-0.15, -0.1) is 0 Å². The molecule has 1 amide bonds. The van der Waals surface area contributed by atoms with E-state index in [2.05, 4.69) is 24.1 Å². The molecular weight excluding hydrogens is 276 g/mol. The van der Waals surface area contributed by atoms with E-state index in [1.807, 2.05) is 43.3 Å². The Labute approximate surface area is 131 Å². The molecule has 1 aromatic carbocycles. The molecule has 0 aliphatic rings. The summed E-state index contributed by atoms with van der Waals surface area (Å²) in [6.45, 7) is 7.12. The van der Waals surface area contributed by atoms with Crippen LogP contribution < -0.4 is 10.1 Å². The van der Waals surface area contributed by atoms with Crippen LogP contribution in [0.4, 0.5) is 0 Å². The maximum Gasteiger partial charge on any atom is 0.251 e. The second-order valence-corrected chi connectivity index (χ2v) is 5.36. The van der Waals surface area contributed by atoms with Crippen LogP contribution in [0.2, 0.25) is 0 Å². The van der Waals surface area contributed by atoms with Crippen molar-refractivity contribution >= 4 is 5.91 Å². The zero-order valence-electron chi connectivity index (χ0n) is 13.3. The first-order valence-corrected chi connectivity index (χ1v) is 7.56. The third kappa shape index (κ3) is 4.07. The Morgan fingerprint density at radius 3 is 2.59 bits per heavy atom. The number of hydrogen-bond donors (Lipinski definition) is 1. The number of rotatable bonds is 6. The van der Waals surface area contributed by atoms with Crippen LogP contribution in [0.3, 0.4) is 0 Å². The van der Waals surface area contributed by atoms with Gasteiger partial charge in [-0.3, -0.25) is 4.79 Å². The molecule has 2 rings (SSSR count). The molecule has 1 aromatic heterocycles. The Morgan fingerprint density at radius 2 is 1.95 bits per heavy atom. The van der Waals surface area contributed by atoms with E-state index in [0.29, 0.717) is 30.5 Å². The lowest BCUT2D eigenvalue weighted by Crippen LogP contribution is -2.23. The van der Waals surface area contributed by atoms with Gasteiger partial charge in [-0.1, -0.05) is 32.0 Å². The highest BCUT2D eigenvalue weighted by Crippen LogP contribution is 2.16. The van der Waals surface area contributed by atoms with E-state index in [4.69, 9.17) is 4.74 Å². The quantitative estimate of drug-likeness (QED) is 0.887. The van der Waals surface area contributed by atoms with E-state index in [1.165, 1.54) is 5.56 Å². The zero-order valence-corrected chi connectivity index (χ0v) is 13.3. The summed E-state index contributed by atoms with van der Waals surface area (Å²) < 4.78 is 5.45. The lowest BCUT2D eigenvalue weighted by Gasteiger charge is -2.10. The highest BCUT2D eigenvalue weighted by atomic mass is 16.5. The van der Waals surface area contributed by atoms with Crippen LogP contribution in [0, 0.1) is 0 Å². The first kappa shape index (κ1) is 16.0. The molecule has 0 atom stereocenters. The minimum Gasteiger partial charge on any atom is -0.478 e. The summed E-state index contributed by atoms with van der Waals surface area (Å²) in [5.41, 5.74) is 2.75. The molecule has 0 saturated heterocycles. The summed E-state index contributed by atoms with van der Waals surface area (Å²) in [5.74, 6) is 0.934. The van der Waals surface area contributed by atoms with Gasteiger partial charge in [-0.2, -0.15) is 0 Å². The van der Waals surface area contributed by atoms with Gasteiger partial charge in [0.2, 0.25) is 5.88 Å². The Bertz CT molecular complexity index is 621. The molecular formula is C18H22N2O2. The number of benzene rings is 1. The smallest absolute Gasteiger partial charge is 0.251 e. The van der Waals surface area contributed by atoms with E-state index in [0.717, 1.165) is 5.56 Å². The Kier molecular flexibility index (Phi) is 5.53. The van der Waals surface area contributed by atoms with Crippen molar-refractivity contribution < 1.29 is 9.53 Å². The van der Waals surface area contributed by atoms with Crippen LogP contribution in [0.5, 0.6) is 5.88 Å². The van der Waals surface area contributed by atoms with E-state index in [9.17, 15) is 4.79 Å². The summed E-state index contributed by atoms with van der Waals surface area (Å²) in [5, 5.41) is 2.90. The van der Waals surface area contributed by atoms with Crippen molar-refractivity contribution in [1.82, 2.24) is 10.3 Å². The number of amides is 1. The molecule has 0 spiro atoms. The molecule has 0 fully saturated rings. The van der Waals surface area contributed by atoms with Crippen molar-refractivity contribution in [3.05, 3.63) is 59.3 Å². The second kappa shape index (κ2) is 7.59. The average Bonchev–Trinajstić information content (AvgIpc) is 2.54. The molecule has 116 valence electrons. The molecule has 0 unspecified atom stereocenters. The van der Waals surface area contributed by atoms with Gasteiger partial charge in [0.1, 0.15) is 0 Å². The number of ether oxygens (including phenoxy) is 1. The Morgan fingerprint density at radius 1 is 1.23 bits per heavy atom. The number of hydrogen-bond acceptors (Lipinski definition) is 3. The number of nitrogens with one attached hydrogen (secondary N) is 1. The first-order chi connectivity index (χ1) is 10.6. The van der Waals surface area contributed by atoms with Crippen LogP contribution in [0.25, 0.3) is 0 Å². The highest BCUT2D eigenvalue weighted by Gasteiger charge is 2.09. The zero-order chi connectivity index (χ0) is 15.9. The fourth-order valence-corrected chi connectivity index (χ4v) is 2.12. The fraction of sp³-hybridized carbons (Fsp3) is 0.333. The van der Waals surface area contributed by atoms with E-state index >= 15 is 0 Å². The van der Waals surface area contributed by atoms with Crippen LogP contribution in [0.15, 0.2) is 42.6 Å². The van der Waals surface area contributed by atoms with Gasteiger partial charge < -0.3 is 10.1 Å². The first-order valence-electron chi connectivity index (χ1n) is 7.56. The van der Waals surface area contributed by atoms with Crippen LogP contribution >= 0.6 is 0 Å². The number of carbonyl (C=O) groups excluding carboxylic acids is 1. The summed E-state index contributed by atoms with van der Waals surface area (Å²) in [7, 11) is 0. The molecule has 4 heteroatoms. The van der Waals surface area contributed by atoms with Crippen molar-refractivity contribution in [2.75, 3.05) is 6.61 Å². The summed E-state index contributed by atoms with van der Waals surface area (Å²) in [6.07, 6.45) is 1.68. The molecule has 4 nitrogen and oxygen atoms in total. The molecule has 1 heterocycles. The Hall–Kier alpha value is -2.36. The van der Waals surface area contributed by atoms with Gasteiger partial charge in [0.25, 0.3) is 5.91 Å². The second-order valence-electron chi connectivity index (χ2n) is 5.36. The van der Waals surface area contributed by atoms with Crippen molar-refractivity contribution in [3.8, 4) is 5.88 Å². The van der Waals surface area contributed by atoms with Crippen LogP contribution in [0.1, 0.15) is 48.2 Å². The summed E-state index contributed by atoms with van der Waals surface area (Å²) in [4.78, 5) is 16.4. The van der Waals surface area contributed by atoms with Gasteiger partial charge in [-0.05, 0) is 36.6 Å². The predicted octanol–water partition coefficient (Wildman–Crippen LogP) is 3.53. The fourth-order valence-electron chi connectivity index (χ4n) is 2.12. The lowest BCUT2D eigenvalue weighted by molar-refractivity contribution is 0.0950. The Balaban J connectivity index is 2.01. The standard InChI is InChI=1S/C18H22N2O2/c1-4-22-18-16(6-5-11-19-18)12-20-17(21)15-9-7-14(8-10-15)13(2)3/h5-11,13H,4,12H2,1-3H3,(H,20,21). The van der Waals surface area contributed by atoms with Crippen molar-refractivity contribution in [2.45, 2.75) is 33.2 Å². The largest absolute Gasteiger partial charge is 0.478 e. The SMILES string of the molecule is CCOc1ncccc1CNC(=O)c1ccc(C(C)C)cc1. The molecule has 0 radical (unpaired) electrons. The van der Waals surface area contributed by atoms with E-state index in [1.54, 1.807) is 6.20 Å². The summed E-state index contributed by atoms with van der Waals surface area (Å²) in [6, 6.07) is 11.4. The maximum atomic E-state index is 12.2. The van der Waals surface area contributed by atoms with Gasteiger partial charge in [0.05, 0.1) is 6.61 Å². The maximum absolute atomic E-state index is 12.2. The minimum atomic E-state index is -0.0957.